The lowest BCUT2D eigenvalue weighted by Crippen LogP contribution is -2.32. The molecule has 0 radical (unpaired) electrons. The van der Waals surface area contributed by atoms with Gasteiger partial charge in [-0.15, -0.1) is 0 Å². The topological polar surface area (TPSA) is 91.6 Å². The van der Waals surface area contributed by atoms with Crippen LogP contribution in [0.2, 0.25) is 0 Å². The average Bonchev–Trinajstić information content (AvgIpc) is 3.10. The van der Waals surface area contributed by atoms with E-state index in [0.717, 1.165) is 43.5 Å². The number of nitrogens with zero attached hydrogens (tertiary/aromatic N) is 1. The highest BCUT2D eigenvalue weighted by molar-refractivity contribution is 5.77. The van der Waals surface area contributed by atoms with Crippen LogP contribution in [-0.2, 0) is 16.0 Å². The fourth-order valence-electron chi connectivity index (χ4n) is 2.65. The Hall–Kier alpha value is -2.10. The lowest BCUT2D eigenvalue weighted by molar-refractivity contribution is -0.119. The van der Waals surface area contributed by atoms with Gasteiger partial charge in [0.05, 0.1) is 17.2 Å². The number of hydrogen-bond acceptors (Lipinski definition) is 5. The summed E-state index contributed by atoms with van der Waals surface area (Å²) in [6.45, 7) is 9.24. The number of nitrogens with one attached hydrogen (secondary N) is 1. The van der Waals surface area contributed by atoms with Crippen molar-refractivity contribution in [3.8, 4) is 11.8 Å². The van der Waals surface area contributed by atoms with Gasteiger partial charge in [0.2, 0.25) is 5.91 Å². The van der Waals surface area contributed by atoms with Crippen molar-refractivity contribution in [3.63, 3.8) is 0 Å². The zero-order valence-electron chi connectivity index (χ0n) is 17.8. The van der Waals surface area contributed by atoms with Crippen molar-refractivity contribution in [3.05, 3.63) is 29.3 Å². The molecule has 1 aromatic carbocycles. The monoisotopic (exact) mass is 390 g/mol. The molecular weight excluding hydrogens is 356 g/mol. The molecule has 156 valence electrons. The van der Waals surface area contributed by atoms with Gasteiger partial charge in [0.25, 0.3) is 0 Å². The molecule has 0 bridgehead atoms. The number of nitriles is 1. The Bertz CT molecular complexity index is 664. The number of aryl methyl sites for hydroxylation is 1. The molecule has 1 aromatic rings. The van der Waals surface area contributed by atoms with E-state index in [9.17, 15) is 4.79 Å². The Morgan fingerprint density at radius 1 is 1.36 bits per heavy atom. The predicted octanol–water partition coefficient (Wildman–Crippen LogP) is 3.35. The first-order chi connectivity index (χ1) is 13.1. The second-order valence-electron chi connectivity index (χ2n) is 8.30. The van der Waals surface area contributed by atoms with Gasteiger partial charge in [-0.25, -0.2) is 0 Å². The first-order valence-corrected chi connectivity index (χ1v) is 9.76. The van der Waals surface area contributed by atoms with E-state index in [0.29, 0.717) is 18.6 Å². The molecule has 2 aliphatic rings. The summed E-state index contributed by atoms with van der Waals surface area (Å²) >= 11 is 0. The lowest BCUT2D eigenvalue weighted by Gasteiger charge is -2.32. The molecule has 0 unspecified atom stereocenters. The van der Waals surface area contributed by atoms with Gasteiger partial charge in [-0.2, -0.15) is 5.26 Å². The summed E-state index contributed by atoms with van der Waals surface area (Å²) in [5.41, 5.74) is 1.23. The number of fused-ring (bicyclic) bond motifs is 1. The summed E-state index contributed by atoms with van der Waals surface area (Å²) in [5.74, 6) is 1.13. The van der Waals surface area contributed by atoms with Crippen LogP contribution in [0.5, 0.6) is 5.75 Å². The maximum Gasteiger partial charge on any atom is 0.220 e. The molecule has 0 atom stereocenters. The van der Waals surface area contributed by atoms with Gasteiger partial charge in [0, 0.05) is 26.7 Å². The number of methoxy groups -OCH3 is 1. The largest absolute Gasteiger partial charge is 0.488 e. The van der Waals surface area contributed by atoms with Crippen molar-refractivity contribution in [1.82, 2.24) is 5.32 Å². The van der Waals surface area contributed by atoms with Gasteiger partial charge in [-0.3, -0.25) is 4.79 Å². The van der Waals surface area contributed by atoms with Gasteiger partial charge in [0.1, 0.15) is 11.4 Å². The fraction of sp³-hybridized carbons (Fsp3) is 0.636. The number of carbonyl (C=O) groups excluding carboxylic acids is 1. The normalized spacial score (nSPS) is 16.8. The Morgan fingerprint density at radius 2 is 2.07 bits per heavy atom. The van der Waals surface area contributed by atoms with Gasteiger partial charge in [-0.05, 0) is 77.1 Å². The van der Waals surface area contributed by atoms with Gasteiger partial charge >= 0.3 is 0 Å². The predicted molar refractivity (Wildman–Crippen MR) is 109 cm³/mol. The molecule has 6 nitrogen and oxygen atoms in total. The summed E-state index contributed by atoms with van der Waals surface area (Å²) in [6.07, 6.45) is 4.47. The van der Waals surface area contributed by atoms with E-state index in [1.54, 1.807) is 27.0 Å². The molecule has 1 saturated heterocycles. The first-order valence-electron chi connectivity index (χ1n) is 9.76. The van der Waals surface area contributed by atoms with Crippen LogP contribution >= 0.6 is 0 Å². The highest BCUT2D eigenvalue weighted by atomic mass is 16.5. The molecule has 6 heteroatoms. The minimum atomic E-state index is -0.573. The van der Waals surface area contributed by atoms with Crippen molar-refractivity contribution >= 4 is 5.91 Å². The van der Waals surface area contributed by atoms with Gasteiger partial charge in [0.15, 0.2) is 0 Å². The van der Waals surface area contributed by atoms with Crippen LogP contribution < -0.4 is 10.1 Å². The van der Waals surface area contributed by atoms with Crippen LogP contribution in [0.4, 0.5) is 0 Å². The van der Waals surface area contributed by atoms with E-state index in [1.807, 2.05) is 12.1 Å². The summed E-state index contributed by atoms with van der Waals surface area (Å²) in [4.78, 5) is 10.1. The minimum absolute atomic E-state index is 0.0683. The third-order valence-corrected chi connectivity index (χ3v) is 4.39. The Kier molecular flexibility index (Phi) is 9.44. The number of hydrogen-bond donors (Lipinski definition) is 2. The Labute approximate surface area is 168 Å². The van der Waals surface area contributed by atoms with E-state index >= 15 is 0 Å². The van der Waals surface area contributed by atoms with E-state index in [4.69, 9.17) is 19.8 Å². The molecule has 2 N–H and O–H groups in total. The summed E-state index contributed by atoms with van der Waals surface area (Å²) in [6, 6.07) is 7.77. The van der Waals surface area contributed by atoms with E-state index in [2.05, 4.69) is 25.2 Å². The standard InChI is InChI=1S/C12H13NO.C6H14O2.C4H7NO/c1-12(2)6-5-10-7-9(8-13)3-4-11(10)14-12;1-6(2,7)4-5-8-3;6-4-2-1-3-5-4/h3-4,7H,5-6H2,1-2H3;7H,4-5H2,1-3H3;1-3H2,(H,5,6). The molecule has 0 aromatic heterocycles. The summed E-state index contributed by atoms with van der Waals surface area (Å²) < 4.78 is 10.6. The highest BCUT2D eigenvalue weighted by Crippen LogP contribution is 2.33. The summed E-state index contributed by atoms with van der Waals surface area (Å²) in [7, 11) is 1.63. The number of rotatable bonds is 3. The zero-order valence-corrected chi connectivity index (χ0v) is 17.8. The third-order valence-electron chi connectivity index (χ3n) is 4.39. The third kappa shape index (κ3) is 9.72. The number of carbonyl (C=O) groups is 1. The van der Waals surface area contributed by atoms with Gasteiger partial charge < -0.3 is 19.9 Å². The zero-order chi connectivity index (χ0) is 21.2. The van der Waals surface area contributed by atoms with Crippen molar-refractivity contribution in [1.29, 1.82) is 5.26 Å². The van der Waals surface area contributed by atoms with E-state index < -0.39 is 5.60 Å². The van der Waals surface area contributed by atoms with Crippen molar-refractivity contribution in [2.24, 2.45) is 0 Å². The molecule has 1 amide bonds. The van der Waals surface area contributed by atoms with Crippen LogP contribution in [0.1, 0.15) is 64.5 Å². The maximum absolute atomic E-state index is 10.1. The minimum Gasteiger partial charge on any atom is -0.488 e. The molecule has 2 heterocycles. The van der Waals surface area contributed by atoms with E-state index in [1.165, 1.54) is 0 Å². The van der Waals surface area contributed by atoms with E-state index in [-0.39, 0.29) is 11.5 Å². The van der Waals surface area contributed by atoms with Crippen LogP contribution in [-0.4, -0.2) is 42.5 Å². The van der Waals surface area contributed by atoms with Crippen molar-refractivity contribution < 1.29 is 19.4 Å². The fourth-order valence-corrected chi connectivity index (χ4v) is 2.65. The van der Waals surface area contributed by atoms with Gasteiger partial charge in [-0.1, -0.05) is 0 Å². The Morgan fingerprint density at radius 3 is 2.50 bits per heavy atom. The smallest absolute Gasteiger partial charge is 0.220 e. The molecule has 2 aliphatic heterocycles. The SMILES string of the molecule is CC1(C)CCc2cc(C#N)ccc2O1.COCCC(C)(C)O.O=C1CCCN1. The average molecular weight is 391 g/mol. The first kappa shape index (κ1) is 23.9. The Balaban J connectivity index is 0.000000237. The van der Waals surface area contributed by atoms with Crippen LogP contribution in [0, 0.1) is 11.3 Å². The molecule has 1 fully saturated rings. The number of aliphatic hydroxyl groups is 1. The maximum atomic E-state index is 10.1. The molecule has 0 spiro atoms. The second-order valence-corrected chi connectivity index (χ2v) is 8.30. The van der Waals surface area contributed by atoms with Crippen molar-refractivity contribution in [2.45, 2.75) is 71.0 Å². The summed E-state index contributed by atoms with van der Waals surface area (Å²) in [5, 5.41) is 20.5. The lowest BCUT2D eigenvalue weighted by atomic mass is 9.93. The van der Waals surface area contributed by atoms with Crippen LogP contribution in [0.25, 0.3) is 0 Å². The molecule has 3 rings (SSSR count). The van der Waals surface area contributed by atoms with Crippen LogP contribution in [0.15, 0.2) is 18.2 Å². The quantitative estimate of drug-likeness (QED) is 0.826. The second kappa shape index (κ2) is 11.0. The molecule has 0 saturated carbocycles. The molecule has 0 aliphatic carbocycles. The molecule has 28 heavy (non-hydrogen) atoms. The highest BCUT2D eigenvalue weighted by Gasteiger charge is 2.26. The number of benzene rings is 1. The number of ether oxygens (including phenoxy) is 2. The van der Waals surface area contributed by atoms with Crippen molar-refractivity contribution in [2.75, 3.05) is 20.3 Å². The number of amides is 1. The van der Waals surface area contributed by atoms with Crippen LogP contribution in [0.3, 0.4) is 0 Å². The molecular formula is C22H34N2O4.